The zero-order chi connectivity index (χ0) is 14.7. The average molecular weight is 356 g/mol. The lowest BCUT2D eigenvalue weighted by Gasteiger charge is -2.11. The molecule has 0 saturated carbocycles. The Hall–Kier alpha value is -1.40. The second kappa shape index (κ2) is 6.37. The summed E-state index contributed by atoms with van der Waals surface area (Å²) in [4.78, 5) is 15.7. The second-order valence-electron chi connectivity index (χ2n) is 4.28. The highest BCUT2D eigenvalue weighted by Gasteiger charge is 2.15. The molecule has 0 aliphatic heterocycles. The molecular formula is C14H14BrNO3S. The van der Waals surface area contributed by atoms with Crippen molar-refractivity contribution in [1.29, 1.82) is 0 Å². The van der Waals surface area contributed by atoms with Crippen LogP contribution in [0.5, 0.6) is 5.75 Å². The molecule has 0 aliphatic rings. The third kappa shape index (κ3) is 3.37. The van der Waals surface area contributed by atoms with E-state index < -0.39 is 5.97 Å². The molecule has 1 aromatic carbocycles. The molecule has 106 valence electrons. The lowest BCUT2D eigenvalue weighted by molar-refractivity contribution is 0.0691. The largest absolute Gasteiger partial charge is 0.486 e. The number of ether oxygens (including phenoxy) is 1. The topological polar surface area (TPSA) is 59.4 Å². The number of halogens is 1. The predicted molar refractivity (Wildman–Crippen MR) is 81.7 cm³/mol. The molecule has 2 aromatic rings. The van der Waals surface area contributed by atoms with Crippen LogP contribution in [0.2, 0.25) is 0 Å². The van der Waals surface area contributed by atoms with Gasteiger partial charge in [0.2, 0.25) is 0 Å². The Kier molecular flexibility index (Phi) is 4.77. The first-order chi connectivity index (χ1) is 9.51. The maximum Gasteiger partial charge on any atom is 0.339 e. The highest BCUT2D eigenvalue weighted by molar-refractivity contribution is 9.10. The van der Waals surface area contributed by atoms with E-state index in [0.29, 0.717) is 5.75 Å². The molecule has 4 nitrogen and oxygen atoms in total. The fourth-order valence-electron chi connectivity index (χ4n) is 1.80. The van der Waals surface area contributed by atoms with Crippen LogP contribution in [0.4, 0.5) is 0 Å². The van der Waals surface area contributed by atoms with Crippen LogP contribution in [0.25, 0.3) is 0 Å². The van der Waals surface area contributed by atoms with Gasteiger partial charge >= 0.3 is 5.97 Å². The first-order valence-corrected chi connectivity index (χ1v) is 7.78. The molecule has 0 radical (unpaired) electrons. The molecule has 0 bridgehead atoms. The van der Waals surface area contributed by atoms with Crippen molar-refractivity contribution in [3.63, 3.8) is 0 Å². The van der Waals surface area contributed by atoms with Gasteiger partial charge in [-0.15, -0.1) is 11.3 Å². The summed E-state index contributed by atoms with van der Waals surface area (Å²) in [6.07, 6.45) is 0.891. The zero-order valence-electron chi connectivity index (χ0n) is 11.1. The standard InChI is InChI=1S/C14H14BrNO3S/c1-3-12-16-10(7-20-12)6-19-13-8(2)4-9(15)5-11(13)14(17)18/h4-5,7H,3,6H2,1-2H3,(H,17,18). The fourth-order valence-corrected chi connectivity index (χ4v) is 3.11. The Labute approximate surface area is 129 Å². The van der Waals surface area contributed by atoms with Crippen molar-refractivity contribution in [3.8, 4) is 5.75 Å². The lowest BCUT2D eigenvalue weighted by atomic mass is 10.1. The van der Waals surface area contributed by atoms with Crippen LogP contribution in [0.3, 0.4) is 0 Å². The molecule has 0 atom stereocenters. The average Bonchev–Trinajstić information content (AvgIpc) is 2.84. The molecule has 0 spiro atoms. The van der Waals surface area contributed by atoms with E-state index in [1.165, 1.54) is 0 Å². The number of rotatable bonds is 5. The zero-order valence-corrected chi connectivity index (χ0v) is 13.5. The van der Waals surface area contributed by atoms with Crippen LogP contribution in [-0.2, 0) is 13.0 Å². The number of aromatic carboxylic acids is 1. The maximum atomic E-state index is 11.3. The highest BCUT2D eigenvalue weighted by Crippen LogP contribution is 2.29. The number of carboxylic acid groups (broad SMARTS) is 1. The van der Waals surface area contributed by atoms with Gasteiger partial charge < -0.3 is 9.84 Å². The number of aryl methyl sites for hydroxylation is 2. The van der Waals surface area contributed by atoms with E-state index >= 15 is 0 Å². The predicted octanol–water partition coefficient (Wildman–Crippen LogP) is 4.05. The van der Waals surface area contributed by atoms with Crippen LogP contribution < -0.4 is 4.74 Å². The Balaban J connectivity index is 2.22. The Morgan fingerprint density at radius 1 is 1.50 bits per heavy atom. The van der Waals surface area contributed by atoms with Crippen molar-refractivity contribution < 1.29 is 14.6 Å². The van der Waals surface area contributed by atoms with Gasteiger partial charge in [0, 0.05) is 9.85 Å². The van der Waals surface area contributed by atoms with Crippen LogP contribution in [0.1, 0.15) is 33.5 Å². The molecule has 0 unspecified atom stereocenters. The van der Waals surface area contributed by atoms with Crippen molar-refractivity contribution in [2.45, 2.75) is 26.9 Å². The fraction of sp³-hybridized carbons (Fsp3) is 0.286. The lowest BCUT2D eigenvalue weighted by Crippen LogP contribution is -2.05. The molecule has 20 heavy (non-hydrogen) atoms. The molecule has 0 fully saturated rings. The van der Waals surface area contributed by atoms with E-state index in [4.69, 9.17) is 4.74 Å². The van der Waals surface area contributed by atoms with Crippen LogP contribution >= 0.6 is 27.3 Å². The van der Waals surface area contributed by atoms with Gasteiger partial charge in [-0.05, 0) is 31.0 Å². The van der Waals surface area contributed by atoms with E-state index in [-0.39, 0.29) is 12.2 Å². The number of thiazole rings is 1. The Morgan fingerprint density at radius 2 is 2.25 bits per heavy atom. The molecule has 2 rings (SSSR count). The van der Waals surface area contributed by atoms with Crippen molar-refractivity contribution in [2.24, 2.45) is 0 Å². The number of carbonyl (C=O) groups is 1. The maximum absolute atomic E-state index is 11.3. The quantitative estimate of drug-likeness (QED) is 0.878. The van der Waals surface area contributed by atoms with Crippen LogP contribution in [-0.4, -0.2) is 16.1 Å². The third-order valence-electron chi connectivity index (χ3n) is 2.74. The smallest absolute Gasteiger partial charge is 0.339 e. The summed E-state index contributed by atoms with van der Waals surface area (Å²) < 4.78 is 6.39. The number of carboxylic acids is 1. The SMILES string of the molecule is CCc1nc(COc2c(C)cc(Br)cc2C(=O)O)cs1. The van der Waals surface area contributed by atoms with Crippen molar-refractivity contribution in [3.05, 3.63) is 43.8 Å². The minimum atomic E-state index is -1.00. The monoisotopic (exact) mass is 355 g/mol. The van der Waals surface area contributed by atoms with E-state index in [0.717, 1.165) is 27.2 Å². The Morgan fingerprint density at radius 3 is 2.85 bits per heavy atom. The van der Waals surface area contributed by atoms with Crippen LogP contribution in [0, 0.1) is 6.92 Å². The number of nitrogens with zero attached hydrogens (tertiary/aromatic N) is 1. The molecule has 0 aliphatic carbocycles. The van der Waals surface area contributed by atoms with Gasteiger partial charge in [-0.25, -0.2) is 9.78 Å². The number of hydrogen-bond donors (Lipinski definition) is 1. The minimum Gasteiger partial charge on any atom is -0.486 e. The van der Waals surface area contributed by atoms with E-state index in [2.05, 4.69) is 20.9 Å². The summed E-state index contributed by atoms with van der Waals surface area (Å²) >= 11 is 4.88. The van der Waals surface area contributed by atoms with E-state index in [9.17, 15) is 9.90 Å². The van der Waals surface area contributed by atoms with Crippen molar-refractivity contribution in [1.82, 2.24) is 4.98 Å². The summed E-state index contributed by atoms with van der Waals surface area (Å²) in [6, 6.07) is 3.38. The number of benzene rings is 1. The Bertz CT molecular complexity index is 639. The van der Waals surface area contributed by atoms with Gasteiger partial charge in [-0.1, -0.05) is 22.9 Å². The molecule has 0 saturated heterocycles. The van der Waals surface area contributed by atoms with Gasteiger partial charge in [0.25, 0.3) is 0 Å². The van der Waals surface area contributed by atoms with Gasteiger partial charge in [0.1, 0.15) is 17.9 Å². The molecule has 1 N–H and O–H groups in total. The van der Waals surface area contributed by atoms with E-state index in [1.54, 1.807) is 17.4 Å². The molecular weight excluding hydrogens is 342 g/mol. The molecule has 6 heteroatoms. The van der Waals surface area contributed by atoms with Crippen molar-refractivity contribution in [2.75, 3.05) is 0 Å². The summed E-state index contributed by atoms with van der Waals surface area (Å²) in [7, 11) is 0. The van der Waals surface area contributed by atoms with Gasteiger partial charge in [-0.3, -0.25) is 0 Å². The number of hydrogen-bond acceptors (Lipinski definition) is 4. The van der Waals surface area contributed by atoms with E-state index in [1.807, 2.05) is 25.3 Å². The molecule has 1 aromatic heterocycles. The summed E-state index contributed by atoms with van der Waals surface area (Å²) in [5, 5.41) is 12.2. The molecule has 1 heterocycles. The van der Waals surface area contributed by atoms with Gasteiger partial charge in [-0.2, -0.15) is 0 Å². The second-order valence-corrected chi connectivity index (χ2v) is 6.14. The van der Waals surface area contributed by atoms with Crippen LogP contribution in [0.15, 0.2) is 22.0 Å². The van der Waals surface area contributed by atoms with Gasteiger partial charge in [0.05, 0.1) is 10.7 Å². The first-order valence-electron chi connectivity index (χ1n) is 6.10. The van der Waals surface area contributed by atoms with Gasteiger partial charge in [0.15, 0.2) is 0 Å². The molecule has 0 amide bonds. The number of aromatic nitrogens is 1. The first kappa shape index (κ1) is 15.0. The minimum absolute atomic E-state index is 0.155. The van der Waals surface area contributed by atoms with Crippen molar-refractivity contribution >= 4 is 33.2 Å². The third-order valence-corrected chi connectivity index (χ3v) is 4.24. The highest BCUT2D eigenvalue weighted by atomic mass is 79.9. The summed E-state index contributed by atoms with van der Waals surface area (Å²) in [6.45, 7) is 4.15. The summed E-state index contributed by atoms with van der Waals surface area (Å²) in [5.74, 6) is -0.608. The normalized spacial score (nSPS) is 10.6. The summed E-state index contributed by atoms with van der Waals surface area (Å²) in [5.41, 5.74) is 1.76.